The molecular formula is C15H25NO. The summed E-state index contributed by atoms with van der Waals surface area (Å²) in [7, 11) is 0. The molecule has 2 heteroatoms. The Morgan fingerprint density at radius 1 is 1.24 bits per heavy atom. The molecule has 1 atom stereocenters. The molecule has 0 amide bonds. The topological polar surface area (TPSA) is 32.3 Å². The van der Waals surface area contributed by atoms with Crippen LogP contribution in [0.25, 0.3) is 0 Å². The molecule has 0 aliphatic carbocycles. The first-order chi connectivity index (χ1) is 8.27. The van der Waals surface area contributed by atoms with E-state index in [0.717, 1.165) is 19.5 Å². The number of aryl methyl sites for hydroxylation is 1. The minimum Gasteiger partial charge on any atom is -0.396 e. The van der Waals surface area contributed by atoms with E-state index in [-0.39, 0.29) is 0 Å². The van der Waals surface area contributed by atoms with Gasteiger partial charge in [0.1, 0.15) is 0 Å². The van der Waals surface area contributed by atoms with E-state index in [0.29, 0.717) is 12.5 Å². The van der Waals surface area contributed by atoms with Gasteiger partial charge in [0.2, 0.25) is 0 Å². The molecule has 1 rings (SSSR count). The molecule has 0 aliphatic rings. The normalized spacial score (nSPS) is 12.6. The summed E-state index contributed by atoms with van der Waals surface area (Å²) in [6.45, 7) is 6.58. The maximum Gasteiger partial charge on any atom is 0.0434 e. The van der Waals surface area contributed by atoms with E-state index >= 15 is 0 Å². The van der Waals surface area contributed by atoms with Gasteiger partial charge in [-0.3, -0.25) is 0 Å². The maximum absolute atomic E-state index is 9.00. The Morgan fingerprint density at radius 3 is 2.65 bits per heavy atom. The first kappa shape index (κ1) is 14.2. The van der Waals surface area contributed by atoms with Crippen molar-refractivity contribution in [1.82, 2.24) is 5.32 Å². The van der Waals surface area contributed by atoms with Crippen LogP contribution in [0.15, 0.2) is 24.3 Å². The number of benzene rings is 1. The zero-order valence-electron chi connectivity index (χ0n) is 11.1. The molecule has 0 bridgehead atoms. The Bertz CT molecular complexity index is 306. The molecule has 17 heavy (non-hydrogen) atoms. The van der Waals surface area contributed by atoms with Crippen molar-refractivity contribution >= 4 is 0 Å². The van der Waals surface area contributed by atoms with Gasteiger partial charge in [-0.2, -0.15) is 0 Å². The molecular weight excluding hydrogens is 210 g/mol. The van der Waals surface area contributed by atoms with Crippen LogP contribution in [0.2, 0.25) is 0 Å². The highest BCUT2D eigenvalue weighted by Crippen LogP contribution is 2.11. The maximum atomic E-state index is 9.00. The van der Waals surface area contributed by atoms with Gasteiger partial charge in [0.15, 0.2) is 0 Å². The van der Waals surface area contributed by atoms with E-state index in [4.69, 9.17) is 5.11 Å². The smallest absolute Gasteiger partial charge is 0.0434 e. The van der Waals surface area contributed by atoms with E-state index < -0.39 is 0 Å². The third kappa shape index (κ3) is 5.33. The summed E-state index contributed by atoms with van der Waals surface area (Å²) in [6, 6.07) is 8.48. The summed E-state index contributed by atoms with van der Waals surface area (Å²) >= 11 is 0. The zero-order valence-corrected chi connectivity index (χ0v) is 11.1. The average molecular weight is 235 g/mol. The number of rotatable bonds is 8. The molecule has 0 spiro atoms. The summed E-state index contributed by atoms with van der Waals surface area (Å²) in [5.41, 5.74) is 2.71. The van der Waals surface area contributed by atoms with Crippen LogP contribution in [0, 0.1) is 12.8 Å². The highest BCUT2D eigenvalue weighted by molar-refractivity contribution is 5.25. The summed E-state index contributed by atoms with van der Waals surface area (Å²) in [6.07, 6.45) is 3.30. The molecule has 0 aliphatic heterocycles. The SMILES string of the molecule is CCCC(CCO)CNCc1ccccc1C. The Hall–Kier alpha value is -0.860. The van der Waals surface area contributed by atoms with E-state index in [1.807, 2.05) is 0 Å². The zero-order chi connectivity index (χ0) is 12.5. The van der Waals surface area contributed by atoms with Crippen LogP contribution >= 0.6 is 0 Å². The molecule has 0 aromatic heterocycles. The first-order valence-corrected chi connectivity index (χ1v) is 6.64. The van der Waals surface area contributed by atoms with Crippen LogP contribution in [-0.2, 0) is 6.54 Å². The van der Waals surface area contributed by atoms with Crippen molar-refractivity contribution in [1.29, 1.82) is 0 Å². The second kappa shape index (κ2) is 8.26. The molecule has 1 aromatic rings. The Labute approximate surface area is 105 Å². The molecule has 2 N–H and O–H groups in total. The number of hydrogen-bond acceptors (Lipinski definition) is 2. The molecule has 1 aromatic carbocycles. The van der Waals surface area contributed by atoms with Crippen molar-refractivity contribution < 1.29 is 5.11 Å². The number of nitrogens with one attached hydrogen (secondary N) is 1. The summed E-state index contributed by atoms with van der Waals surface area (Å²) in [5.74, 6) is 0.606. The lowest BCUT2D eigenvalue weighted by Crippen LogP contribution is -2.23. The second-order valence-corrected chi connectivity index (χ2v) is 4.72. The first-order valence-electron chi connectivity index (χ1n) is 6.64. The van der Waals surface area contributed by atoms with Crippen LogP contribution in [0.3, 0.4) is 0 Å². The van der Waals surface area contributed by atoms with E-state index in [1.54, 1.807) is 0 Å². The lowest BCUT2D eigenvalue weighted by Gasteiger charge is -2.16. The van der Waals surface area contributed by atoms with Gasteiger partial charge in [-0.15, -0.1) is 0 Å². The van der Waals surface area contributed by atoms with Crippen molar-refractivity contribution in [2.24, 2.45) is 5.92 Å². The van der Waals surface area contributed by atoms with Crippen LogP contribution in [0.1, 0.15) is 37.3 Å². The molecule has 0 radical (unpaired) electrons. The van der Waals surface area contributed by atoms with Crippen LogP contribution < -0.4 is 5.32 Å². The Balaban J connectivity index is 2.33. The summed E-state index contributed by atoms with van der Waals surface area (Å²) in [5, 5.41) is 12.5. The van der Waals surface area contributed by atoms with Gasteiger partial charge in [0.05, 0.1) is 0 Å². The minimum atomic E-state index is 0.302. The molecule has 1 unspecified atom stereocenters. The Kier molecular flexibility index (Phi) is 6.90. The highest BCUT2D eigenvalue weighted by atomic mass is 16.3. The fourth-order valence-electron chi connectivity index (χ4n) is 2.16. The largest absolute Gasteiger partial charge is 0.396 e. The average Bonchev–Trinajstić information content (AvgIpc) is 2.32. The van der Waals surface area contributed by atoms with E-state index in [2.05, 4.69) is 43.4 Å². The predicted octanol–water partition coefficient (Wildman–Crippen LogP) is 2.88. The van der Waals surface area contributed by atoms with Gasteiger partial charge in [-0.05, 0) is 43.4 Å². The molecule has 0 saturated carbocycles. The Morgan fingerprint density at radius 2 is 2.00 bits per heavy atom. The lowest BCUT2D eigenvalue weighted by molar-refractivity contribution is 0.248. The van der Waals surface area contributed by atoms with Crippen molar-refractivity contribution in [2.45, 2.75) is 39.7 Å². The standard InChI is InChI=1S/C15H25NO/c1-3-6-14(9-10-17)11-16-12-15-8-5-4-7-13(15)2/h4-5,7-8,14,16-17H,3,6,9-12H2,1-2H3. The van der Waals surface area contributed by atoms with Crippen molar-refractivity contribution in [3.63, 3.8) is 0 Å². The molecule has 96 valence electrons. The van der Waals surface area contributed by atoms with Crippen LogP contribution in [0.4, 0.5) is 0 Å². The number of aliphatic hydroxyl groups excluding tert-OH is 1. The minimum absolute atomic E-state index is 0.302. The van der Waals surface area contributed by atoms with Crippen molar-refractivity contribution in [3.05, 3.63) is 35.4 Å². The fraction of sp³-hybridized carbons (Fsp3) is 0.600. The van der Waals surface area contributed by atoms with Gasteiger partial charge in [-0.1, -0.05) is 37.6 Å². The van der Waals surface area contributed by atoms with Crippen molar-refractivity contribution in [3.8, 4) is 0 Å². The monoisotopic (exact) mass is 235 g/mol. The highest BCUT2D eigenvalue weighted by Gasteiger charge is 2.06. The lowest BCUT2D eigenvalue weighted by atomic mass is 10.00. The van der Waals surface area contributed by atoms with Gasteiger partial charge < -0.3 is 10.4 Å². The van der Waals surface area contributed by atoms with Crippen LogP contribution in [-0.4, -0.2) is 18.3 Å². The van der Waals surface area contributed by atoms with Gasteiger partial charge in [0, 0.05) is 13.2 Å². The third-order valence-electron chi connectivity index (χ3n) is 3.24. The molecule has 0 saturated heterocycles. The van der Waals surface area contributed by atoms with E-state index in [1.165, 1.54) is 24.0 Å². The van der Waals surface area contributed by atoms with Crippen LogP contribution in [0.5, 0.6) is 0 Å². The van der Waals surface area contributed by atoms with Gasteiger partial charge in [-0.25, -0.2) is 0 Å². The predicted molar refractivity (Wildman–Crippen MR) is 73.0 cm³/mol. The van der Waals surface area contributed by atoms with Gasteiger partial charge >= 0.3 is 0 Å². The summed E-state index contributed by atoms with van der Waals surface area (Å²) < 4.78 is 0. The quantitative estimate of drug-likeness (QED) is 0.726. The molecule has 0 heterocycles. The van der Waals surface area contributed by atoms with Gasteiger partial charge in [0.25, 0.3) is 0 Å². The second-order valence-electron chi connectivity index (χ2n) is 4.72. The van der Waals surface area contributed by atoms with Crippen molar-refractivity contribution in [2.75, 3.05) is 13.2 Å². The number of aliphatic hydroxyl groups is 1. The summed E-state index contributed by atoms with van der Waals surface area (Å²) in [4.78, 5) is 0. The van der Waals surface area contributed by atoms with E-state index in [9.17, 15) is 0 Å². The molecule has 2 nitrogen and oxygen atoms in total. The fourth-order valence-corrected chi connectivity index (χ4v) is 2.16. The molecule has 0 fully saturated rings. The number of hydrogen-bond donors (Lipinski definition) is 2. The third-order valence-corrected chi connectivity index (χ3v) is 3.24.